The van der Waals surface area contributed by atoms with Gasteiger partial charge in [-0.05, 0) is 67.3 Å². The molecule has 0 bridgehead atoms. The number of aryl methyl sites for hydroxylation is 1. The zero-order valence-corrected chi connectivity index (χ0v) is 23.9. The molecule has 1 saturated heterocycles. The van der Waals surface area contributed by atoms with Crippen LogP contribution < -0.4 is 9.64 Å². The Morgan fingerprint density at radius 3 is 2.59 bits per heavy atom. The molecule has 2 aromatic heterocycles. The summed E-state index contributed by atoms with van der Waals surface area (Å²) in [5.41, 5.74) is 2.88. The summed E-state index contributed by atoms with van der Waals surface area (Å²) in [5, 5.41) is 12.5. The molecule has 1 aliphatic heterocycles. The highest BCUT2D eigenvalue weighted by atomic mass is 35.5. The van der Waals surface area contributed by atoms with Crippen molar-refractivity contribution in [3.05, 3.63) is 87.7 Å². The molecule has 200 valence electrons. The number of nitrogens with zero attached hydrogens (tertiary/aromatic N) is 3. The third-order valence-corrected chi connectivity index (χ3v) is 8.06. The van der Waals surface area contributed by atoms with Crippen molar-refractivity contribution in [3.63, 3.8) is 0 Å². The normalized spacial score (nSPS) is 17.3. The van der Waals surface area contributed by atoms with Crippen molar-refractivity contribution >= 4 is 55.7 Å². The van der Waals surface area contributed by atoms with E-state index in [9.17, 15) is 14.7 Å². The number of aliphatic hydroxyl groups excluding tert-OH is 1. The number of aliphatic hydroxyl groups is 1. The molecule has 0 saturated carbocycles. The van der Waals surface area contributed by atoms with Crippen LogP contribution >= 0.6 is 22.9 Å². The number of thiazole rings is 1. The van der Waals surface area contributed by atoms with E-state index in [0.717, 1.165) is 15.8 Å². The van der Waals surface area contributed by atoms with Gasteiger partial charge in [0.05, 0.1) is 28.1 Å². The fraction of sp³-hybridized carbons (Fsp3) is 0.267. The van der Waals surface area contributed by atoms with E-state index < -0.39 is 17.7 Å². The standard InChI is InChI=1S/C30H28ClN3O4S/c1-6-38-22-11-10-17(14-18(22)30(3,4)5)26(35)24-25(20-9-7-8-12-32-20)34(28(37)27(24)36)29-33-21-15-19(31)16(2)13-23(21)39-29/h7-15,25,35H,6H2,1-5H3/b26-24+. The molecule has 0 aliphatic carbocycles. The molecule has 1 atom stereocenters. The molecule has 1 unspecified atom stereocenters. The van der Waals surface area contributed by atoms with Crippen LogP contribution in [0.3, 0.4) is 0 Å². The van der Waals surface area contributed by atoms with Gasteiger partial charge >= 0.3 is 5.91 Å². The maximum absolute atomic E-state index is 13.6. The molecule has 7 nitrogen and oxygen atoms in total. The maximum atomic E-state index is 13.6. The first-order valence-electron chi connectivity index (χ1n) is 12.6. The van der Waals surface area contributed by atoms with Crippen molar-refractivity contribution in [2.45, 2.75) is 46.1 Å². The summed E-state index contributed by atoms with van der Waals surface area (Å²) >= 11 is 7.59. The summed E-state index contributed by atoms with van der Waals surface area (Å²) in [5.74, 6) is -1.16. The van der Waals surface area contributed by atoms with Crippen LogP contribution in [0.4, 0.5) is 5.13 Å². The molecule has 39 heavy (non-hydrogen) atoms. The van der Waals surface area contributed by atoms with Gasteiger partial charge in [-0.1, -0.05) is 49.8 Å². The third-order valence-electron chi connectivity index (χ3n) is 6.64. The van der Waals surface area contributed by atoms with Crippen LogP contribution in [-0.4, -0.2) is 33.4 Å². The van der Waals surface area contributed by atoms with Crippen molar-refractivity contribution in [1.82, 2.24) is 9.97 Å². The van der Waals surface area contributed by atoms with Gasteiger partial charge in [0.1, 0.15) is 17.6 Å². The molecule has 9 heteroatoms. The van der Waals surface area contributed by atoms with Crippen LogP contribution in [0, 0.1) is 6.92 Å². The van der Waals surface area contributed by atoms with E-state index in [1.165, 1.54) is 16.2 Å². The van der Waals surface area contributed by atoms with E-state index in [1.807, 2.05) is 46.8 Å². The Kier molecular flexibility index (Phi) is 6.95. The first-order valence-corrected chi connectivity index (χ1v) is 13.8. The first-order chi connectivity index (χ1) is 18.5. The molecule has 1 N–H and O–H groups in total. The van der Waals surface area contributed by atoms with Gasteiger partial charge in [-0.15, -0.1) is 0 Å². The summed E-state index contributed by atoms with van der Waals surface area (Å²) in [6, 6.07) is 13.2. The molecule has 1 aliphatic rings. The smallest absolute Gasteiger partial charge is 0.301 e. The number of fused-ring (bicyclic) bond motifs is 1. The number of Topliss-reactive ketones (excluding diaryl/α,β-unsaturated/α-hetero) is 1. The molecule has 1 fully saturated rings. The summed E-state index contributed by atoms with van der Waals surface area (Å²) in [4.78, 5) is 37.5. The number of rotatable bonds is 5. The van der Waals surface area contributed by atoms with Crippen LogP contribution in [0.15, 0.2) is 60.3 Å². The Balaban J connectivity index is 1.71. The number of halogens is 1. The summed E-state index contributed by atoms with van der Waals surface area (Å²) in [6.07, 6.45) is 1.59. The van der Waals surface area contributed by atoms with Crippen LogP contribution in [0.5, 0.6) is 5.75 Å². The topological polar surface area (TPSA) is 92.6 Å². The van der Waals surface area contributed by atoms with Crippen molar-refractivity contribution in [2.75, 3.05) is 11.5 Å². The lowest BCUT2D eigenvalue weighted by Gasteiger charge is -2.24. The Morgan fingerprint density at radius 2 is 1.92 bits per heavy atom. The lowest BCUT2D eigenvalue weighted by molar-refractivity contribution is -0.132. The Hall–Kier alpha value is -3.75. The molecule has 3 heterocycles. The molecular formula is C30H28ClN3O4S. The number of amides is 1. The minimum absolute atomic E-state index is 0.0452. The van der Waals surface area contributed by atoms with Crippen LogP contribution in [0.1, 0.15) is 56.1 Å². The van der Waals surface area contributed by atoms with Crippen LogP contribution in [0.25, 0.3) is 16.0 Å². The van der Waals surface area contributed by atoms with Gasteiger partial charge in [0.15, 0.2) is 5.13 Å². The number of carbonyl (C=O) groups is 2. The summed E-state index contributed by atoms with van der Waals surface area (Å²) in [7, 11) is 0. The van der Waals surface area contributed by atoms with Gasteiger partial charge in [-0.3, -0.25) is 19.5 Å². The molecule has 0 spiro atoms. The number of anilines is 1. The summed E-state index contributed by atoms with van der Waals surface area (Å²) < 4.78 is 6.65. The second kappa shape index (κ2) is 10.1. The zero-order chi connectivity index (χ0) is 28.1. The van der Waals surface area contributed by atoms with Crippen molar-refractivity contribution < 1.29 is 19.4 Å². The molecule has 4 aromatic rings. The third kappa shape index (κ3) is 4.79. The van der Waals surface area contributed by atoms with Gasteiger partial charge in [-0.2, -0.15) is 0 Å². The lowest BCUT2D eigenvalue weighted by atomic mass is 9.84. The van der Waals surface area contributed by atoms with Gasteiger partial charge in [0.25, 0.3) is 5.78 Å². The predicted octanol–water partition coefficient (Wildman–Crippen LogP) is 6.98. The number of hydrogen-bond donors (Lipinski definition) is 1. The monoisotopic (exact) mass is 561 g/mol. The van der Waals surface area contributed by atoms with Crippen molar-refractivity contribution in [1.29, 1.82) is 0 Å². The highest BCUT2D eigenvalue weighted by Crippen LogP contribution is 2.45. The van der Waals surface area contributed by atoms with Crippen molar-refractivity contribution in [3.8, 4) is 5.75 Å². The summed E-state index contributed by atoms with van der Waals surface area (Å²) in [6.45, 7) is 10.4. The minimum Gasteiger partial charge on any atom is -0.507 e. The number of benzene rings is 2. The van der Waals surface area contributed by atoms with E-state index in [4.69, 9.17) is 16.3 Å². The SMILES string of the molecule is CCOc1ccc(/C(O)=C2\C(=O)C(=O)N(c3nc4cc(Cl)c(C)cc4s3)C2c2ccccn2)cc1C(C)(C)C. The van der Waals surface area contributed by atoms with Crippen LogP contribution in [-0.2, 0) is 15.0 Å². The Labute approximate surface area is 235 Å². The molecular weight excluding hydrogens is 534 g/mol. The molecule has 0 radical (unpaired) electrons. The van der Waals surface area contributed by atoms with Gasteiger partial charge in [0.2, 0.25) is 0 Å². The first kappa shape index (κ1) is 26.8. The van der Waals surface area contributed by atoms with Crippen molar-refractivity contribution in [2.24, 2.45) is 0 Å². The molecule has 5 rings (SSSR count). The lowest BCUT2D eigenvalue weighted by Crippen LogP contribution is -2.29. The number of ketones is 1. The predicted molar refractivity (Wildman–Crippen MR) is 155 cm³/mol. The maximum Gasteiger partial charge on any atom is 0.301 e. The molecule has 1 amide bonds. The minimum atomic E-state index is -0.965. The number of pyridine rings is 1. The van der Waals surface area contributed by atoms with Gasteiger partial charge < -0.3 is 9.84 Å². The number of aromatic nitrogens is 2. The van der Waals surface area contributed by atoms with Gasteiger partial charge in [0, 0.05) is 22.3 Å². The Morgan fingerprint density at radius 1 is 1.15 bits per heavy atom. The number of hydrogen-bond acceptors (Lipinski definition) is 7. The highest BCUT2D eigenvalue weighted by molar-refractivity contribution is 7.22. The average Bonchev–Trinajstić information content (AvgIpc) is 3.41. The fourth-order valence-electron chi connectivity index (χ4n) is 4.69. The van der Waals surface area contributed by atoms with E-state index in [2.05, 4.69) is 9.97 Å². The van der Waals surface area contributed by atoms with Gasteiger partial charge in [-0.25, -0.2) is 4.98 Å². The van der Waals surface area contributed by atoms with E-state index >= 15 is 0 Å². The largest absolute Gasteiger partial charge is 0.507 e. The fourth-order valence-corrected chi connectivity index (χ4v) is 5.92. The second-order valence-corrected chi connectivity index (χ2v) is 11.8. The Bertz CT molecular complexity index is 1600. The van der Waals surface area contributed by atoms with E-state index in [0.29, 0.717) is 39.3 Å². The number of ether oxygens (including phenoxy) is 1. The zero-order valence-electron chi connectivity index (χ0n) is 22.3. The van der Waals surface area contributed by atoms with Crippen LogP contribution in [0.2, 0.25) is 5.02 Å². The van der Waals surface area contributed by atoms with E-state index in [1.54, 1.807) is 42.6 Å². The molecule has 2 aromatic carbocycles. The quantitative estimate of drug-likeness (QED) is 0.161. The average molecular weight is 562 g/mol. The second-order valence-electron chi connectivity index (χ2n) is 10.4. The van der Waals surface area contributed by atoms with E-state index in [-0.39, 0.29) is 16.7 Å². The number of carbonyl (C=O) groups excluding carboxylic acids is 2. The highest BCUT2D eigenvalue weighted by Gasteiger charge is 2.49.